The summed E-state index contributed by atoms with van der Waals surface area (Å²) in [6, 6.07) is 19.7. The number of aliphatic hydroxyl groups is 1. The zero-order chi connectivity index (χ0) is 26.5. The molecule has 38 heavy (non-hydrogen) atoms. The van der Waals surface area contributed by atoms with Gasteiger partial charge < -0.3 is 23.9 Å². The van der Waals surface area contributed by atoms with Crippen molar-refractivity contribution in [2.45, 2.75) is 26.0 Å². The predicted molar refractivity (Wildman–Crippen MR) is 141 cm³/mol. The van der Waals surface area contributed by atoms with Crippen LogP contribution < -0.4 is 4.74 Å². The Morgan fingerprint density at radius 1 is 1.03 bits per heavy atom. The van der Waals surface area contributed by atoms with Crippen LogP contribution in [0.2, 0.25) is 0 Å². The van der Waals surface area contributed by atoms with E-state index >= 15 is 0 Å². The van der Waals surface area contributed by atoms with Gasteiger partial charge in [0.25, 0.3) is 5.91 Å². The molecule has 0 aliphatic carbocycles. The molecule has 8 nitrogen and oxygen atoms in total. The van der Waals surface area contributed by atoms with Gasteiger partial charge in [0.2, 0.25) is 5.78 Å². The highest BCUT2D eigenvalue weighted by Crippen LogP contribution is 2.40. The Morgan fingerprint density at radius 2 is 1.82 bits per heavy atom. The minimum absolute atomic E-state index is 0.0240. The second kappa shape index (κ2) is 11.7. The third-order valence-corrected chi connectivity index (χ3v) is 6.91. The Kier molecular flexibility index (Phi) is 7.91. The van der Waals surface area contributed by atoms with E-state index in [1.165, 1.54) is 0 Å². The third kappa shape index (κ3) is 5.66. The molecule has 198 valence electrons. The molecule has 0 spiro atoms. The topological polar surface area (TPSA) is 92.5 Å². The van der Waals surface area contributed by atoms with Gasteiger partial charge in [0.15, 0.2) is 11.5 Å². The lowest BCUT2D eigenvalue weighted by Gasteiger charge is -2.30. The molecule has 1 fully saturated rings. The van der Waals surface area contributed by atoms with Gasteiger partial charge in [-0.15, -0.1) is 0 Å². The Balaban J connectivity index is 1.41. The SMILES string of the molecule is Cc1ccc(C(=O)C2=C(O)C(=O)N(CCCN3CCOCC3)[C@@H]2c2cccc(OCc3ccccc3)c2)o1. The zero-order valence-corrected chi connectivity index (χ0v) is 21.5. The van der Waals surface area contributed by atoms with Crippen LogP contribution in [-0.2, 0) is 16.1 Å². The van der Waals surface area contributed by atoms with E-state index in [4.69, 9.17) is 13.9 Å². The van der Waals surface area contributed by atoms with Crippen molar-refractivity contribution in [2.75, 3.05) is 39.4 Å². The molecule has 2 aromatic carbocycles. The fourth-order valence-electron chi connectivity index (χ4n) is 4.96. The number of benzene rings is 2. The number of ketones is 1. The molecule has 0 radical (unpaired) electrons. The first kappa shape index (κ1) is 25.8. The summed E-state index contributed by atoms with van der Waals surface area (Å²) in [5.41, 5.74) is 1.74. The van der Waals surface area contributed by atoms with Gasteiger partial charge in [-0.3, -0.25) is 14.5 Å². The van der Waals surface area contributed by atoms with E-state index in [1.807, 2.05) is 54.6 Å². The number of aryl methyl sites for hydroxylation is 1. The van der Waals surface area contributed by atoms with Gasteiger partial charge >= 0.3 is 0 Å². The van der Waals surface area contributed by atoms with Crippen LogP contribution in [0, 0.1) is 6.92 Å². The van der Waals surface area contributed by atoms with Crippen molar-refractivity contribution in [3.05, 3.63) is 101 Å². The van der Waals surface area contributed by atoms with E-state index in [9.17, 15) is 14.7 Å². The molecule has 1 atom stereocenters. The van der Waals surface area contributed by atoms with Gasteiger partial charge in [0.05, 0.1) is 24.8 Å². The first-order valence-electron chi connectivity index (χ1n) is 12.9. The standard InChI is InChI=1S/C30H32N2O6/c1-21-11-12-25(38-21)28(33)26-27(23-9-5-10-24(19-23)37-20-22-7-3-2-4-8-22)32(30(35)29(26)34)14-6-13-31-15-17-36-18-16-31/h2-5,7-12,19,27,34H,6,13-18,20H2,1H3/t27-/m1/s1. The summed E-state index contributed by atoms with van der Waals surface area (Å²) in [6.45, 7) is 6.40. The van der Waals surface area contributed by atoms with E-state index in [-0.39, 0.29) is 11.3 Å². The highest BCUT2D eigenvalue weighted by atomic mass is 16.5. The maximum atomic E-state index is 13.5. The quantitative estimate of drug-likeness (QED) is 0.398. The summed E-state index contributed by atoms with van der Waals surface area (Å²) in [4.78, 5) is 30.7. The molecule has 1 aromatic heterocycles. The number of rotatable bonds is 10. The highest BCUT2D eigenvalue weighted by Gasteiger charge is 2.44. The minimum atomic E-state index is -0.759. The monoisotopic (exact) mass is 516 g/mol. The number of ether oxygens (including phenoxy) is 2. The van der Waals surface area contributed by atoms with Crippen molar-refractivity contribution in [3.8, 4) is 5.75 Å². The van der Waals surface area contributed by atoms with Crippen molar-refractivity contribution < 1.29 is 28.6 Å². The maximum Gasteiger partial charge on any atom is 0.290 e. The lowest BCUT2D eigenvalue weighted by Crippen LogP contribution is -2.39. The fraction of sp³-hybridized carbons (Fsp3) is 0.333. The number of aliphatic hydroxyl groups excluding tert-OH is 1. The van der Waals surface area contributed by atoms with Crippen LogP contribution in [0.4, 0.5) is 0 Å². The Hall–Kier alpha value is -3.88. The lowest BCUT2D eigenvalue weighted by atomic mass is 9.95. The van der Waals surface area contributed by atoms with Gasteiger partial charge in [-0.2, -0.15) is 0 Å². The molecule has 8 heteroatoms. The number of Topliss-reactive ketones (excluding diaryl/α,β-unsaturated/α-hetero) is 1. The van der Waals surface area contributed by atoms with Crippen LogP contribution in [0.25, 0.3) is 0 Å². The average molecular weight is 517 g/mol. The third-order valence-electron chi connectivity index (χ3n) is 6.91. The maximum absolute atomic E-state index is 13.5. The number of carbonyl (C=O) groups is 2. The van der Waals surface area contributed by atoms with Crippen molar-refractivity contribution in [2.24, 2.45) is 0 Å². The molecule has 3 heterocycles. The molecule has 0 saturated carbocycles. The number of amides is 1. The molecule has 1 N–H and O–H groups in total. The molecule has 2 aliphatic rings. The zero-order valence-electron chi connectivity index (χ0n) is 21.5. The minimum Gasteiger partial charge on any atom is -0.503 e. The van der Waals surface area contributed by atoms with Gasteiger partial charge in [-0.25, -0.2) is 0 Å². The number of furan rings is 1. The lowest BCUT2D eigenvalue weighted by molar-refractivity contribution is -0.129. The number of carbonyl (C=O) groups excluding carboxylic acids is 2. The van der Waals surface area contributed by atoms with Crippen molar-refractivity contribution in [1.82, 2.24) is 9.80 Å². The van der Waals surface area contributed by atoms with Crippen LogP contribution in [0.15, 0.2) is 82.5 Å². The molecule has 0 unspecified atom stereocenters. The van der Waals surface area contributed by atoms with Gasteiger partial charge in [0.1, 0.15) is 18.1 Å². The molecule has 3 aromatic rings. The van der Waals surface area contributed by atoms with Crippen molar-refractivity contribution in [1.29, 1.82) is 0 Å². The summed E-state index contributed by atoms with van der Waals surface area (Å²) in [5, 5.41) is 10.9. The first-order valence-corrected chi connectivity index (χ1v) is 12.9. The molecule has 1 amide bonds. The summed E-state index contributed by atoms with van der Waals surface area (Å²) in [5.74, 6) is -0.309. The Morgan fingerprint density at radius 3 is 2.55 bits per heavy atom. The van der Waals surface area contributed by atoms with Crippen LogP contribution >= 0.6 is 0 Å². The van der Waals surface area contributed by atoms with E-state index in [2.05, 4.69) is 4.90 Å². The largest absolute Gasteiger partial charge is 0.503 e. The highest BCUT2D eigenvalue weighted by molar-refractivity contribution is 6.15. The van der Waals surface area contributed by atoms with Gasteiger partial charge in [0, 0.05) is 26.2 Å². The smallest absolute Gasteiger partial charge is 0.290 e. The van der Waals surface area contributed by atoms with Crippen molar-refractivity contribution >= 4 is 11.7 Å². The molecule has 1 saturated heterocycles. The van der Waals surface area contributed by atoms with Crippen LogP contribution in [-0.4, -0.2) is 66.0 Å². The second-order valence-corrected chi connectivity index (χ2v) is 9.56. The molecular weight excluding hydrogens is 484 g/mol. The van der Waals surface area contributed by atoms with Crippen LogP contribution in [0.1, 0.15) is 39.9 Å². The number of morpholine rings is 1. The molecule has 0 bridgehead atoms. The second-order valence-electron chi connectivity index (χ2n) is 9.56. The summed E-state index contributed by atoms with van der Waals surface area (Å²) < 4.78 is 17.0. The molecular formula is C30H32N2O6. The fourth-order valence-corrected chi connectivity index (χ4v) is 4.96. The number of nitrogens with zero attached hydrogens (tertiary/aromatic N) is 2. The summed E-state index contributed by atoms with van der Waals surface area (Å²) in [6.07, 6.45) is 0.695. The first-order chi connectivity index (χ1) is 18.5. The van der Waals surface area contributed by atoms with E-state index in [0.717, 1.165) is 25.2 Å². The van der Waals surface area contributed by atoms with E-state index in [1.54, 1.807) is 24.0 Å². The van der Waals surface area contributed by atoms with Crippen molar-refractivity contribution in [3.63, 3.8) is 0 Å². The average Bonchev–Trinajstić information content (AvgIpc) is 3.49. The number of hydrogen-bond donors (Lipinski definition) is 1. The summed E-state index contributed by atoms with van der Waals surface area (Å²) >= 11 is 0. The molecule has 2 aliphatic heterocycles. The van der Waals surface area contributed by atoms with Gasteiger partial charge in [-0.05, 0) is 48.7 Å². The van der Waals surface area contributed by atoms with E-state index < -0.39 is 23.5 Å². The van der Waals surface area contributed by atoms with Gasteiger partial charge in [-0.1, -0.05) is 42.5 Å². The summed E-state index contributed by atoms with van der Waals surface area (Å²) in [7, 11) is 0. The Bertz CT molecular complexity index is 1310. The predicted octanol–water partition coefficient (Wildman–Crippen LogP) is 4.47. The van der Waals surface area contributed by atoms with Crippen LogP contribution in [0.5, 0.6) is 5.75 Å². The molecule has 5 rings (SSSR count). The Labute approximate surface area is 222 Å². The van der Waals surface area contributed by atoms with Crippen LogP contribution in [0.3, 0.4) is 0 Å². The number of hydrogen-bond acceptors (Lipinski definition) is 7. The van der Waals surface area contributed by atoms with E-state index in [0.29, 0.717) is 49.9 Å². The normalized spacial score (nSPS) is 18.3.